The third-order valence-electron chi connectivity index (χ3n) is 5.68. The zero-order valence-corrected chi connectivity index (χ0v) is 19.2. The number of carbonyl (C=O) groups excluding carboxylic acids is 2. The first-order valence-electron chi connectivity index (χ1n) is 11.1. The highest BCUT2D eigenvalue weighted by atomic mass is 32.2. The van der Waals surface area contributed by atoms with Crippen LogP contribution in [0.15, 0.2) is 59.2 Å². The molecule has 1 aliphatic heterocycles. The molecule has 7 nitrogen and oxygen atoms in total. The van der Waals surface area contributed by atoms with Gasteiger partial charge < -0.3 is 10.4 Å². The van der Waals surface area contributed by atoms with E-state index in [9.17, 15) is 18.8 Å². The van der Waals surface area contributed by atoms with Crippen molar-refractivity contribution in [1.82, 2.24) is 5.32 Å². The Bertz CT molecular complexity index is 1140. The van der Waals surface area contributed by atoms with Crippen molar-refractivity contribution in [2.75, 3.05) is 10.7 Å². The van der Waals surface area contributed by atoms with Gasteiger partial charge in [-0.05, 0) is 60.9 Å². The van der Waals surface area contributed by atoms with Gasteiger partial charge in [0.1, 0.15) is 11.5 Å². The minimum atomic E-state index is -1.04. The van der Waals surface area contributed by atoms with E-state index < -0.39 is 17.7 Å². The summed E-state index contributed by atoms with van der Waals surface area (Å²) >= 11 is 1.14. The number of carbonyl (C=O) groups is 3. The van der Waals surface area contributed by atoms with Crippen LogP contribution < -0.4 is 10.2 Å². The maximum Gasteiger partial charge on any atom is 0.335 e. The van der Waals surface area contributed by atoms with Gasteiger partial charge in [0.2, 0.25) is 5.91 Å². The molecule has 2 aliphatic rings. The summed E-state index contributed by atoms with van der Waals surface area (Å²) in [6.45, 7) is 0. The predicted molar refractivity (Wildman–Crippen MR) is 130 cm³/mol. The number of hydrogen-bond donors (Lipinski definition) is 2. The molecule has 0 radical (unpaired) electrons. The summed E-state index contributed by atoms with van der Waals surface area (Å²) in [4.78, 5) is 42.6. The maximum atomic E-state index is 13.5. The lowest BCUT2D eigenvalue weighted by Gasteiger charge is -2.23. The van der Waals surface area contributed by atoms with Gasteiger partial charge in [0.15, 0.2) is 5.17 Å². The highest BCUT2D eigenvalue weighted by Crippen LogP contribution is 2.30. The van der Waals surface area contributed by atoms with Crippen LogP contribution in [0.25, 0.3) is 6.08 Å². The SMILES string of the molecule is O=C(CSC1=N/C(=C/c2ccc(C(=O)O)cc2)C(=O)N1c1ccc(F)cc1)NC1CCCCC1. The van der Waals surface area contributed by atoms with E-state index in [1.165, 1.54) is 47.7 Å². The molecule has 1 heterocycles. The highest BCUT2D eigenvalue weighted by molar-refractivity contribution is 8.14. The molecule has 2 N–H and O–H groups in total. The van der Waals surface area contributed by atoms with Crippen LogP contribution in [-0.4, -0.2) is 39.9 Å². The van der Waals surface area contributed by atoms with Gasteiger partial charge in [-0.25, -0.2) is 14.2 Å². The van der Waals surface area contributed by atoms with Crippen molar-refractivity contribution < 1.29 is 23.9 Å². The number of halogens is 1. The molecule has 0 atom stereocenters. The van der Waals surface area contributed by atoms with Crippen molar-refractivity contribution in [3.05, 3.63) is 71.2 Å². The molecule has 2 amide bonds. The monoisotopic (exact) mass is 481 g/mol. The summed E-state index contributed by atoms with van der Waals surface area (Å²) in [7, 11) is 0. The Kier molecular flexibility index (Phi) is 7.42. The van der Waals surface area contributed by atoms with Crippen molar-refractivity contribution in [1.29, 1.82) is 0 Å². The first-order chi connectivity index (χ1) is 16.4. The normalized spacial score (nSPS) is 17.7. The molecule has 9 heteroatoms. The topological polar surface area (TPSA) is 99.1 Å². The fourth-order valence-corrected chi connectivity index (χ4v) is 4.76. The van der Waals surface area contributed by atoms with E-state index in [4.69, 9.17) is 5.11 Å². The third kappa shape index (κ3) is 5.72. The molecule has 0 unspecified atom stereocenters. The number of carboxylic acids is 1. The van der Waals surface area contributed by atoms with Crippen LogP contribution in [0.2, 0.25) is 0 Å². The molecule has 0 bridgehead atoms. The predicted octanol–water partition coefficient (Wildman–Crippen LogP) is 4.45. The van der Waals surface area contributed by atoms with E-state index in [0.29, 0.717) is 16.4 Å². The van der Waals surface area contributed by atoms with E-state index in [2.05, 4.69) is 10.3 Å². The molecule has 2 aromatic rings. The van der Waals surface area contributed by atoms with Crippen molar-refractivity contribution >= 4 is 46.5 Å². The van der Waals surface area contributed by atoms with Crippen LogP contribution in [0.3, 0.4) is 0 Å². The number of aliphatic imine (C=N–C) groups is 1. The van der Waals surface area contributed by atoms with E-state index in [1.54, 1.807) is 18.2 Å². The number of hydrogen-bond acceptors (Lipinski definition) is 5. The molecular formula is C25H24FN3O4S. The van der Waals surface area contributed by atoms with Gasteiger partial charge in [-0.1, -0.05) is 43.2 Å². The van der Waals surface area contributed by atoms with Crippen LogP contribution in [0, 0.1) is 5.82 Å². The average molecular weight is 482 g/mol. The Labute approximate surface area is 200 Å². The number of thioether (sulfide) groups is 1. The van der Waals surface area contributed by atoms with Crippen LogP contribution in [-0.2, 0) is 9.59 Å². The number of nitrogens with zero attached hydrogens (tertiary/aromatic N) is 2. The molecule has 34 heavy (non-hydrogen) atoms. The first-order valence-corrected chi connectivity index (χ1v) is 12.1. The van der Waals surface area contributed by atoms with E-state index in [-0.39, 0.29) is 29.0 Å². The number of rotatable bonds is 6. The Morgan fingerprint density at radius 1 is 1.09 bits per heavy atom. The van der Waals surface area contributed by atoms with Gasteiger partial charge in [0.05, 0.1) is 17.0 Å². The lowest BCUT2D eigenvalue weighted by molar-refractivity contribution is -0.119. The standard InChI is InChI=1S/C25H24FN3O4S/c26-18-10-12-20(13-11-18)29-23(31)21(14-16-6-8-17(9-7-16)24(32)33)28-25(29)34-15-22(30)27-19-4-2-1-3-5-19/h6-14,19H,1-5,15H2,(H,27,30)(H,32,33)/b21-14+. The Morgan fingerprint density at radius 3 is 2.41 bits per heavy atom. The summed E-state index contributed by atoms with van der Waals surface area (Å²) < 4.78 is 13.5. The van der Waals surface area contributed by atoms with E-state index >= 15 is 0 Å². The van der Waals surface area contributed by atoms with Gasteiger partial charge in [0.25, 0.3) is 5.91 Å². The highest BCUT2D eigenvalue weighted by Gasteiger charge is 2.32. The summed E-state index contributed by atoms with van der Waals surface area (Å²) in [6.07, 6.45) is 6.93. The second kappa shape index (κ2) is 10.6. The fourth-order valence-electron chi connectivity index (χ4n) is 3.94. The minimum absolute atomic E-state index is 0.0981. The van der Waals surface area contributed by atoms with Crippen molar-refractivity contribution in [2.45, 2.75) is 38.1 Å². The van der Waals surface area contributed by atoms with Crippen molar-refractivity contribution in [2.24, 2.45) is 4.99 Å². The molecule has 0 aromatic heterocycles. The number of carboxylic acid groups (broad SMARTS) is 1. The molecule has 1 aliphatic carbocycles. The van der Waals surface area contributed by atoms with Gasteiger partial charge >= 0.3 is 5.97 Å². The number of aromatic carboxylic acids is 1. The molecular weight excluding hydrogens is 457 g/mol. The third-order valence-corrected chi connectivity index (χ3v) is 6.62. The number of amidine groups is 1. The van der Waals surface area contributed by atoms with Gasteiger partial charge in [-0.3, -0.25) is 14.5 Å². The summed E-state index contributed by atoms with van der Waals surface area (Å²) in [6, 6.07) is 11.7. The largest absolute Gasteiger partial charge is 0.478 e. The van der Waals surface area contributed by atoms with Gasteiger partial charge in [0, 0.05) is 6.04 Å². The van der Waals surface area contributed by atoms with E-state index in [0.717, 1.165) is 37.4 Å². The Balaban J connectivity index is 1.54. The average Bonchev–Trinajstić information content (AvgIpc) is 3.14. The zero-order valence-electron chi connectivity index (χ0n) is 18.4. The van der Waals surface area contributed by atoms with Gasteiger partial charge in [-0.2, -0.15) is 0 Å². The molecule has 1 saturated carbocycles. The summed E-state index contributed by atoms with van der Waals surface area (Å²) in [5, 5.41) is 12.4. The van der Waals surface area contributed by atoms with Crippen LogP contribution >= 0.6 is 11.8 Å². The second-order valence-electron chi connectivity index (χ2n) is 8.16. The zero-order chi connectivity index (χ0) is 24.1. The number of anilines is 1. The minimum Gasteiger partial charge on any atom is -0.478 e. The molecule has 176 valence electrons. The maximum absolute atomic E-state index is 13.5. The first kappa shape index (κ1) is 23.7. The van der Waals surface area contributed by atoms with Crippen molar-refractivity contribution in [3.63, 3.8) is 0 Å². The number of nitrogens with one attached hydrogen (secondary N) is 1. The van der Waals surface area contributed by atoms with Gasteiger partial charge in [-0.15, -0.1) is 0 Å². The van der Waals surface area contributed by atoms with E-state index in [1.807, 2.05) is 0 Å². The Morgan fingerprint density at radius 2 is 1.76 bits per heavy atom. The molecule has 0 spiro atoms. The fraction of sp³-hybridized carbons (Fsp3) is 0.280. The smallest absolute Gasteiger partial charge is 0.335 e. The lowest BCUT2D eigenvalue weighted by atomic mass is 9.95. The van der Waals surface area contributed by atoms with Crippen LogP contribution in [0.5, 0.6) is 0 Å². The molecule has 0 saturated heterocycles. The summed E-state index contributed by atoms with van der Waals surface area (Å²) in [5.41, 5.74) is 1.33. The number of benzene rings is 2. The van der Waals surface area contributed by atoms with Crippen LogP contribution in [0.4, 0.5) is 10.1 Å². The Hall–Kier alpha value is -3.46. The molecule has 2 aromatic carbocycles. The second-order valence-corrected chi connectivity index (χ2v) is 9.10. The molecule has 4 rings (SSSR count). The van der Waals surface area contributed by atoms with Crippen LogP contribution in [0.1, 0.15) is 48.0 Å². The lowest BCUT2D eigenvalue weighted by Crippen LogP contribution is -2.38. The quantitative estimate of drug-likeness (QED) is 0.594. The number of amides is 2. The van der Waals surface area contributed by atoms with Crippen molar-refractivity contribution in [3.8, 4) is 0 Å². The molecule has 1 fully saturated rings. The summed E-state index contributed by atoms with van der Waals surface area (Å²) in [5.74, 6) is -1.90.